The van der Waals surface area contributed by atoms with E-state index >= 15 is 0 Å². The quantitative estimate of drug-likeness (QED) is 0.807. The third-order valence-electron chi connectivity index (χ3n) is 5.29. The zero-order valence-electron chi connectivity index (χ0n) is 16.7. The predicted octanol–water partition coefficient (Wildman–Crippen LogP) is 3.53. The fraction of sp³-hybridized carbons (Fsp3) is 0.409. The van der Waals surface area contributed by atoms with Gasteiger partial charge in [-0.3, -0.25) is 14.6 Å². The molecule has 160 valence electrons. The number of alkyl halides is 3. The van der Waals surface area contributed by atoms with Crippen LogP contribution in [0.15, 0.2) is 42.6 Å². The molecule has 0 saturated carbocycles. The van der Waals surface area contributed by atoms with Gasteiger partial charge in [0.05, 0.1) is 12.1 Å². The van der Waals surface area contributed by atoms with Crippen LogP contribution in [-0.2, 0) is 22.2 Å². The monoisotopic (exact) mass is 419 g/mol. The van der Waals surface area contributed by atoms with E-state index < -0.39 is 11.7 Å². The Balaban J connectivity index is 1.52. The maximum atomic E-state index is 12.7. The van der Waals surface area contributed by atoms with Gasteiger partial charge in [-0.1, -0.05) is 18.2 Å². The van der Waals surface area contributed by atoms with Crippen LogP contribution >= 0.6 is 0 Å². The van der Waals surface area contributed by atoms with E-state index in [0.29, 0.717) is 19.5 Å². The second-order valence-electron chi connectivity index (χ2n) is 7.53. The van der Waals surface area contributed by atoms with Gasteiger partial charge in [-0.25, -0.2) is 0 Å². The van der Waals surface area contributed by atoms with Crippen LogP contribution in [0.5, 0.6) is 0 Å². The topological polar surface area (TPSA) is 62.3 Å². The van der Waals surface area contributed by atoms with Crippen LogP contribution in [0.2, 0.25) is 0 Å². The van der Waals surface area contributed by atoms with Crippen molar-refractivity contribution in [2.45, 2.75) is 38.3 Å². The number of aromatic nitrogens is 1. The number of benzene rings is 1. The largest absolute Gasteiger partial charge is 0.416 e. The van der Waals surface area contributed by atoms with Crippen molar-refractivity contribution in [3.63, 3.8) is 0 Å². The van der Waals surface area contributed by atoms with E-state index in [2.05, 4.69) is 10.3 Å². The number of likely N-dealkylation sites (tertiary alicyclic amines) is 1. The second-order valence-corrected chi connectivity index (χ2v) is 7.53. The highest BCUT2D eigenvalue weighted by atomic mass is 19.4. The Morgan fingerprint density at radius 2 is 1.70 bits per heavy atom. The molecule has 2 heterocycles. The minimum Gasteiger partial charge on any atom is -0.347 e. The summed E-state index contributed by atoms with van der Waals surface area (Å²) in [6, 6.07) is 9.08. The normalized spacial score (nSPS) is 15.1. The number of halogens is 3. The molecule has 1 N–H and O–H groups in total. The Hall–Kier alpha value is -2.90. The first-order chi connectivity index (χ1) is 14.2. The molecule has 1 aliphatic rings. The Labute approximate surface area is 173 Å². The number of hydrogen-bond acceptors (Lipinski definition) is 3. The molecular formula is C22H24F3N3O2. The summed E-state index contributed by atoms with van der Waals surface area (Å²) in [7, 11) is 0. The first-order valence-electron chi connectivity index (χ1n) is 9.85. The Morgan fingerprint density at radius 3 is 2.23 bits per heavy atom. The maximum absolute atomic E-state index is 12.7. The molecule has 2 amide bonds. The zero-order valence-corrected chi connectivity index (χ0v) is 16.7. The standard InChI is InChI=1S/C22H24F3N3O2/c1-15(29)26-14-21(30)28-10-8-18(9-11-28)20-7-4-17(13-27-20)12-16-2-5-19(6-3-16)22(23,24)25/h2-7,13,18H,8-12,14H2,1H3,(H,26,29). The molecule has 0 aliphatic carbocycles. The van der Waals surface area contributed by atoms with Gasteiger partial charge in [0.25, 0.3) is 0 Å². The number of piperidine rings is 1. The summed E-state index contributed by atoms with van der Waals surface area (Å²) < 4.78 is 38.0. The highest BCUT2D eigenvalue weighted by molar-refractivity contribution is 5.83. The molecule has 0 bridgehead atoms. The van der Waals surface area contributed by atoms with Crippen LogP contribution in [0.25, 0.3) is 0 Å². The van der Waals surface area contributed by atoms with Crippen molar-refractivity contribution < 1.29 is 22.8 Å². The van der Waals surface area contributed by atoms with Crippen molar-refractivity contribution >= 4 is 11.8 Å². The summed E-state index contributed by atoms with van der Waals surface area (Å²) in [4.78, 5) is 29.3. The number of carbonyl (C=O) groups excluding carboxylic acids is 2. The molecule has 1 aliphatic heterocycles. The van der Waals surface area contributed by atoms with Crippen molar-refractivity contribution in [3.8, 4) is 0 Å². The lowest BCUT2D eigenvalue weighted by molar-refractivity contribution is -0.137. The third kappa shape index (κ3) is 5.81. The summed E-state index contributed by atoms with van der Waals surface area (Å²) in [6.45, 7) is 2.65. The van der Waals surface area contributed by atoms with Crippen LogP contribution in [0, 0.1) is 0 Å². The van der Waals surface area contributed by atoms with E-state index in [1.165, 1.54) is 19.1 Å². The molecule has 8 heteroatoms. The zero-order chi connectivity index (χ0) is 21.7. The highest BCUT2D eigenvalue weighted by Gasteiger charge is 2.30. The minimum atomic E-state index is -4.33. The summed E-state index contributed by atoms with van der Waals surface area (Å²) in [5, 5.41) is 2.52. The van der Waals surface area contributed by atoms with Gasteiger partial charge in [-0.2, -0.15) is 13.2 Å². The number of nitrogens with zero attached hydrogens (tertiary/aromatic N) is 2. The van der Waals surface area contributed by atoms with Crippen LogP contribution < -0.4 is 5.32 Å². The molecule has 0 radical (unpaired) electrons. The first-order valence-corrected chi connectivity index (χ1v) is 9.85. The van der Waals surface area contributed by atoms with Crippen molar-refractivity contribution in [2.24, 2.45) is 0 Å². The first kappa shape index (κ1) is 21.8. The maximum Gasteiger partial charge on any atom is 0.416 e. The summed E-state index contributed by atoms with van der Waals surface area (Å²) in [6.07, 6.45) is -0.442. The van der Waals surface area contributed by atoms with Gasteiger partial charge in [0.15, 0.2) is 0 Å². The molecule has 30 heavy (non-hydrogen) atoms. The molecule has 1 aromatic carbocycles. The number of pyridine rings is 1. The fourth-order valence-electron chi connectivity index (χ4n) is 3.57. The lowest BCUT2D eigenvalue weighted by Crippen LogP contribution is -2.43. The molecule has 0 unspecified atom stereocenters. The van der Waals surface area contributed by atoms with Gasteiger partial charge in [-0.15, -0.1) is 0 Å². The number of nitrogens with one attached hydrogen (secondary N) is 1. The average molecular weight is 419 g/mol. The van der Waals surface area contributed by atoms with Crippen LogP contribution in [0.4, 0.5) is 13.2 Å². The van der Waals surface area contributed by atoms with Crippen LogP contribution in [0.1, 0.15) is 48.1 Å². The molecule has 3 rings (SSSR count). The number of amides is 2. The van der Waals surface area contributed by atoms with Gasteiger partial charge in [0.1, 0.15) is 0 Å². The van der Waals surface area contributed by atoms with Gasteiger partial charge >= 0.3 is 6.18 Å². The van der Waals surface area contributed by atoms with Crippen LogP contribution in [0.3, 0.4) is 0 Å². The molecule has 1 aromatic heterocycles. The third-order valence-corrected chi connectivity index (χ3v) is 5.29. The van der Waals surface area contributed by atoms with Gasteiger partial charge in [-0.05, 0) is 48.6 Å². The van der Waals surface area contributed by atoms with Gasteiger partial charge < -0.3 is 10.2 Å². The van der Waals surface area contributed by atoms with Crippen molar-refractivity contribution in [3.05, 3.63) is 65.0 Å². The smallest absolute Gasteiger partial charge is 0.347 e. The van der Waals surface area contributed by atoms with E-state index in [9.17, 15) is 22.8 Å². The molecule has 1 fully saturated rings. The SMILES string of the molecule is CC(=O)NCC(=O)N1CCC(c2ccc(Cc3ccc(C(F)(F)F)cc3)cn2)CC1. The Morgan fingerprint density at radius 1 is 1.07 bits per heavy atom. The summed E-state index contributed by atoms with van der Waals surface area (Å²) in [5.41, 5.74) is 2.03. The lowest BCUT2D eigenvalue weighted by atomic mass is 9.92. The number of rotatable bonds is 5. The molecule has 2 aromatic rings. The predicted molar refractivity (Wildman–Crippen MR) is 106 cm³/mol. The molecule has 1 saturated heterocycles. The highest BCUT2D eigenvalue weighted by Crippen LogP contribution is 2.30. The molecule has 0 spiro atoms. The number of carbonyl (C=O) groups is 2. The van der Waals surface area contributed by atoms with E-state index in [0.717, 1.165) is 41.8 Å². The van der Waals surface area contributed by atoms with E-state index in [4.69, 9.17) is 0 Å². The van der Waals surface area contributed by atoms with Crippen molar-refractivity contribution in [1.82, 2.24) is 15.2 Å². The fourth-order valence-corrected chi connectivity index (χ4v) is 3.57. The van der Waals surface area contributed by atoms with Crippen molar-refractivity contribution in [1.29, 1.82) is 0 Å². The number of hydrogen-bond donors (Lipinski definition) is 1. The van der Waals surface area contributed by atoms with E-state index in [-0.39, 0.29) is 24.3 Å². The molecular weight excluding hydrogens is 395 g/mol. The van der Waals surface area contributed by atoms with Gasteiger partial charge in [0.2, 0.25) is 11.8 Å². The van der Waals surface area contributed by atoms with E-state index in [1.54, 1.807) is 11.1 Å². The van der Waals surface area contributed by atoms with Crippen molar-refractivity contribution in [2.75, 3.05) is 19.6 Å². The molecule has 0 atom stereocenters. The Kier molecular flexibility index (Phi) is 6.74. The summed E-state index contributed by atoms with van der Waals surface area (Å²) in [5.74, 6) is -0.0442. The van der Waals surface area contributed by atoms with E-state index in [1.807, 2.05) is 12.1 Å². The average Bonchev–Trinajstić information content (AvgIpc) is 2.72. The van der Waals surface area contributed by atoms with Gasteiger partial charge in [0, 0.05) is 37.8 Å². The second kappa shape index (κ2) is 9.28. The van der Waals surface area contributed by atoms with Crippen LogP contribution in [-0.4, -0.2) is 41.3 Å². The minimum absolute atomic E-state index is 0.0247. The summed E-state index contributed by atoms with van der Waals surface area (Å²) >= 11 is 0. The lowest BCUT2D eigenvalue weighted by Gasteiger charge is -2.31. The Bertz CT molecular complexity index is 872. The molecule has 5 nitrogen and oxygen atoms in total.